The molecule has 0 aromatic rings. The number of allylic oxidation sites excluding steroid dienone is 1. The van der Waals surface area contributed by atoms with Gasteiger partial charge in [-0.2, -0.15) is 0 Å². The van der Waals surface area contributed by atoms with Crippen molar-refractivity contribution in [2.75, 3.05) is 6.61 Å². The van der Waals surface area contributed by atoms with Crippen molar-refractivity contribution in [2.45, 2.75) is 18.7 Å². The third-order valence-electron chi connectivity index (χ3n) is 0.784. The number of ether oxygens (including phenoxy) is 1. The van der Waals surface area contributed by atoms with Crippen LogP contribution in [0.2, 0.25) is 0 Å². The highest BCUT2D eigenvalue weighted by Crippen LogP contribution is 1.98. The largest absolute Gasteiger partial charge is 0.463 e. The molecule has 0 aromatic carbocycles. The highest BCUT2D eigenvalue weighted by Gasteiger charge is 1.93. The molecule has 0 N–H and O–H groups in total. The van der Waals surface area contributed by atoms with Crippen LogP contribution < -0.4 is 0 Å². The number of alkyl halides is 1. The zero-order valence-corrected chi connectivity index (χ0v) is 7.72. The lowest BCUT2D eigenvalue weighted by Gasteiger charge is -1.94. The first-order chi connectivity index (χ1) is 4.66. The maximum Gasteiger partial charge on any atom is 0.330 e. The van der Waals surface area contributed by atoms with Crippen molar-refractivity contribution in [2.24, 2.45) is 0 Å². The van der Waals surface area contributed by atoms with Crippen LogP contribution in [-0.4, -0.2) is 17.4 Å². The van der Waals surface area contributed by atoms with Gasteiger partial charge in [-0.05, 0) is 13.8 Å². The van der Waals surface area contributed by atoms with Gasteiger partial charge in [-0.25, -0.2) is 4.79 Å². The maximum absolute atomic E-state index is 10.6. The number of rotatable bonds is 3. The van der Waals surface area contributed by atoms with Gasteiger partial charge in [-0.3, -0.25) is 0 Å². The van der Waals surface area contributed by atoms with E-state index in [0.717, 1.165) is 0 Å². The Hall–Kier alpha value is -0.310. The molecule has 0 fully saturated rings. The summed E-state index contributed by atoms with van der Waals surface area (Å²) in [5, 5.41) is 0. The molecule has 0 saturated carbocycles. The van der Waals surface area contributed by atoms with Crippen molar-refractivity contribution in [3.05, 3.63) is 12.2 Å². The lowest BCUT2D eigenvalue weighted by Crippen LogP contribution is -1.99. The summed E-state index contributed by atoms with van der Waals surface area (Å²) in [6.07, 6.45) is 3.15. The van der Waals surface area contributed by atoms with Crippen LogP contribution in [0.3, 0.4) is 0 Å². The fraction of sp³-hybridized carbons (Fsp3) is 0.571. The zero-order chi connectivity index (χ0) is 7.98. The fourth-order valence-electron chi connectivity index (χ4n) is 0.402. The minimum absolute atomic E-state index is 0.219. The Kier molecular flexibility index (Phi) is 5.30. The Morgan fingerprint density at radius 3 is 2.80 bits per heavy atom. The number of halogens is 1. The molecule has 1 atom stereocenters. The van der Waals surface area contributed by atoms with Gasteiger partial charge in [-0.1, -0.05) is 22.0 Å². The molecule has 0 aliphatic carbocycles. The minimum Gasteiger partial charge on any atom is -0.463 e. The van der Waals surface area contributed by atoms with E-state index >= 15 is 0 Å². The van der Waals surface area contributed by atoms with Gasteiger partial charge in [0.1, 0.15) is 0 Å². The summed E-state index contributed by atoms with van der Waals surface area (Å²) in [5.74, 6) is -0.284. The number of carbonyl (C=O) groups is 1. The molecule has 0 rings (SSSR count). The second-order valence-electron chi connectivity index (χ2n) is 1.79. The predicted molar refractivity (Wildman–Crippen MR) is 44.2 cm³/mol. The van der Waals surface area contributed by atoms with E-state index in [1.54, 1.807) is 13.0 Å². The summed E-state index contributed by atoms with van der Waals surface area (Å²) in [6, 6.07) is 0. The molecule has 10 heavy (non-hydrogen) atoms. The summed E-state index contributed by atoms with van der Waals surface area (Å²) < 4.78 is 4.65. The van der Waals surface area contributed by atoms with Crippen LogP contribution in [-0.2, 0) is 9.53 Å². The molecule has 0 bridgehead atoms. The highest BCUT2D eigenvalue weighted by molar-refractivity contribution is 9.09. The molecule has 0 radical (unpaired) electrons. The summed E-state index contributed by atoms with van der Waals surface area (Å²) >= 11 is 3.26. The average molecular weight is 207 g/mol. The number of hydrogen-bond acceptors (Lipinski definition) is 2. The predicted octanol–water partition coefficient (Wildman–Crippen LogP) is 1.89. The molecule has 2 nitrogen and oxygen atoms in total. The van der Waals surface area contributed by atoms with Gasteiger partial charge >= 0.3 is 5.97 Å². The van der Waals surface area contributed by atoms with Crippen molar-refractivity contribution < 1.29 is 9.53 Å². The van der Waals surface area contributed by atoms with E-state index < -0.39 is 0 Å². The second kappa shape index (κ2) is 5.47. The normalized spacial score (nSPS) is 13.5. The zero-order valence-electron chi connectivity index (χ0n) is 6.13. The van der Waals surface area contributed by atoms with Crippen LogP contribution in [0, 0.1) is 0 Å². The van der Waals surface area contributed by atoms with Crippen LogP contribution in [0.1, 0.15) is 13.8 Å². The van der Waals surface area contributed by atoms with Gasteiger partial charge in [0.2, 0.25) is 0 Å². The van der Waals surface area contributed by atoms with Gasteiger partial charge in [0.05, 0.1) is 6.61 Å². The Balaban J connectivity index is 3.56. The smallest absolute Gasteiger partial charge is 0.330 e. The van der Waals surface area contributed by atoms with Gasteiger partial charge in [-0.15, -0.1) is 0 Å². The van der Waals surface area contributed by atoms with Crippen LogP contribution in [0.15, 0.2) is 12.2 Å². The second-order valence-corrected chi connectivity index (χ2v) is 3.23. The van der Waals surface area contributed by atoms with Crippen LogP contribution in [0.5, 0.6) is 0 Å². The maximum atomic E-state index is 10.6. The van der Waals surface area contributed by atoms with E-state index in [1.165, 1.54) is 6.08 Å². The average Bonchev–Trinajstić information content (AvgIpc) is 1.85. The van der Waals surface area contributed by atoms with Gasteiger partial charge in [0.15, 0.2) is 0 Å². The molecule has 1 unspecified atom stereocenters. The number of carbonyl (C=O) groups excluding carboxylic acids is 1. The van der Waals surface area contributed by atoms with E-state index in [1.807, 2.05) is 6.92 Å². The monoisotopic (exact) mass is 206 g/mol. The van der Waals surface area contributed by atoms with E-state index in [-0.39, 0.29) is 10.8 Å². The van der Waals surface area contributed by atoms with Crippen molar-refractivity contribution in [1.29, 1.82) is 0 Å². The van der Waals surface area contributed by atoms with Gasteiger partial charge in [0.25, 0.3) is 0 Å². The fourth-order valence-corrected chi connectivity index (χ4v) is 0.554. The van der Waals surface area contributed by atoms with Crippen molar-refractivity contribution >= 4 is 21.9 Å². The minimum atomic E-state index is -0.284. The van der Waals surface area contributed by atoms with Gasteiger partial charge < -0.3 is 4.74 Å². The first kappa shape index (κ1) is 9.69. The van der Waals surface area contributed by atoms with Crippen molar-refractivity contribution in [1.82, 2.24) is 0 Å². The van der Waals surface area contributed by atoms with Crippen LogP contribution in [0.25, 0.3) is 0 Å². The Bertz CT molecular complexity index is 130. The summed E-state index contributed by atoms with van der Waals surface area (Å²) in [4.78, 5) is 10.8. The molecule has 0 aliphatic rings. The molecule has 0 aliphatic heterocycles. The first-order valence-electron chi connectivity index (χ1n) is 3.15. The summed E-state index contributed by atoms with van der Waals surface area (Å²) in [7, 11) is 0. The third kappa shape index (κ3) is 5.82. The lowest BCUT2D eigenvalue weighted by atomic mass is 10.4. The van der Waals surface area contributed by atoms with E-state index in [2.05, 4.69) is 20.7 Å². The SMILES string of the molecule is CCOC(=O)C=CC(C)Br. The topological polar surface area (TPSA) is 26.3 Å². The van der Waals surface area contributed by atoms with E-state index in [4.69, 9.17) is 0 Å². The number of esters is 1. The molecule has 0 heterocycles. The molecule has 58 valence electrons. The Morgan fingerprint density at radius 2 is 2.40 bits per heavy atom. The Morgan fingerprint density at radius 1 is 1.80 bits per heavy atom. The first-order valence-corrected chi connectivity index (χ1v) is 4.07. The quantitative estimate of drug-likeness (QED) is 0.401. The Labute approximate surface area is 69.4 Å². The standard InChI is InChI=1S/C7H11BrO2/c1-3-10-7(9)5-4-6(2)8/h4-6H,3H2,1-2H3. The molecule has 0 saturated heterocycles. The van der Waals surface area contributed by atoms with Crippen molar-refractivity contribution in [3.8, 4) is 0 Å². The molecule has 0 spiro atoms. The van der Waals surface area contributed by atoms with Crippen LogP contribution >= 0.6 is 15.9 Å². The highest BCUT2D eigenvalue weighted by atomic mass is 79.9. The van der Waals surface area contributed by atoms with E-state index in [9.17, 15) is 4.79 Å². The molecular weight excluding hydrogens is 196 g/mol. The molecular formula is C7H11BrO2. The summed E-state index contributed by atoms with van der Waals surface area (Å²) in [6.45, 7) is 4.14. The molecule has 3 heteroatoms. The van der Waals surface area contributed by atoms with Crippen LogP contribution in [0.4, 0.5) is 0 Å². The van der Waals surface area contributed by atoms with Crippen molar-refractivity contribution in [3.63, 3.8) is 0 Å². The molecule has 0 amide bonds. The van der Waals surface area contributed by atoms with Gasteiger partial charge in [0, 0.05) is 10.9 Å². The molecule has 0 aromatic heterocycles. The lowest BCUT2D eigenvalue weighted by molar-refractivity contribution is -0.137. The van der Waals surface area contributed by atoms with E-state index in [0.29, 0.717) is 6.61 Å². The number of hydrogen-bond donors (Lipinski definition) is 0. The third-order valence-corrected chi connectivity index (χ3v) is 1.09. The summed E-state index contributed by atoms with van der Waals surface area (Å²) in [5.41, 5.74) is 0.